The van der Waals surface area contributed by atoms with Crippen molar-refractivity contribution in [1.82, 2.24) is 0 Å². The Balaban J connectivity index is 0.000000300. The molecule has 0 heterocycles. The van der Waals surface area contributed by atoms with Crippen molar-refractivity contribution in [1.29, 1.82) is 0 Å². The Bertz CT molecular complexity index is 687. The number of ketones is 2. The number of carbonyl (C=O) groups excluding carboxylic acids is 2. The fourth-order valence-corrected chi connectivity index (χ4v) is 5.11. The van der Waals surface area contributed by atoms with Crippen molar-refractivity contribution in [3.8, 4) is 0 Å². The Kier molecular flexibility index (Phi) is 9.98. The van der Waals surface area contributed by atoms with Crippen LogP contribution in [0, 0.1) is 28.6 Å². The second-order valence-electron chi connectivity index (χ2n) is 10.9. The molecule has 0 saturated heterocycles. The van der Waals surface area contributed by atoms with E-state index in [-0.39, 0.29) is 17.0 Å². The van der Waals surface area contributed by atoms with Gasteiger partial charge in [-0.1, -0.05) is 66.2 Å². The Morgan fingerprint density at radius 3 is 2.23 bits per heavy atom. The molecule has 2 nitrogen and oxygen atoms in total. The highest BCUT2D eigenvalue weighted by Gasteiger charge is 2.40. The van der Waals surface area contributed by atoms with Crippen LogP contribution in [0.5, 0.6) is 0 Å². The van der Waals surface area contributed by atoms with Gasteiger partial charge in [0.05, 0.1) is 0 Å². The standard InChI is InChI=1S/C14H24O.C14H22O/c1-10-6-7-11(2)14(4,5)13(10)9-8-12(3)15;1-5-12(15)8-9-13-11(2)7-6-10-14(13,3)4/h8-11,13H,6-7H2,1-5H3;8-9H,5-7,10H2,1-4H3/b9-8+;9-8-. The van der Waals surface area contributed by atoms with Crippen LogP contribution in [0.1, 0.15) is 101 Å². The van der Waals surface area contributed by atoms with Gasteiger partial charge in [-0.15, -0.1) is 0 Å². The molecule has 2 rings (SSSR count). The predicted molar refractivity (Wildman–Crippen MR) is 129 cm³/mol. The molecule has 0 aromatic carbocycles. The maximum absolute atomic E-state index is 11.3. The summed E-state index contributed by atoms with van der Waals surface area (Å²) in [5.41, 5.74) is 3.39. The van der Waals surface area contributed by atoms with Gasteiger partial charge in [0.1, 0.15) is 0 Å². The molecule has 2 heteroatoms. The zero-order valence-electron chi connectivity index (χ0n) is 21.1. The summed E-state index contributed by atoms with van der Waals surface area (Å²) >= 11 is 0. The van der Waals surface area contributed by atoms with E-state index in [1.54, 1.807) is 19.1 Å². The van der Waals surface area contributed by atoms with E-state index in [9.17, 15) is 9.59 Å². The van der Waals surface area contributed by atoms with Gasteiger partial charge in [-0.05, 0) is 92.3 Å². The van der Waals surface area contributed by atoms with Crippen LogP contribution in [0.2, 0.25) is 0 Å². The zero-order valence-corrected chi connectivity index (χ0v) is 21.1. The average Bonchev–Trinajstić information content (AvgIpc) is 2.64. The minimum atomic E-state index is 0.163. The van der Waals surface area contributed by atoms with E-state index in [0.29, 0.717) is 23.7 Å². The van der Waals surface area contributed by atoms with E-state index in [1.807, 2.05) is 13.0 Å². The van der Waals surface area contributed by atoms with E-state index in [1.165, 1.54) is 43.3 Å². The highest BCUT2D eigenvalue weighted by Crippen LogP contribution is 2.48. The first kappa shape index (κ1) is 26.6. The molecule has 1 saturated carbocycles. The van der Waals surface area contributed by atoms with E-state index < -0.39 is 0 Å². The van der Waals surface area contributed by atoms with E-state index in [4.69, 9.17) is 0 Å². The molecule has 2 aliphatic rings. The summed E-state index contributed by atoms with van der Waals surface area (Å²) in [6, 6.07) is 0. The largest absolute Gasteiger partial charge is 0.295 e. The smallest absolute Gasteiger partial charge is 0.155 e. The Morgan fingerprint density at radius 2 is 1.70 bits per heavy atom. The van der Waals surface area contributed by atoms with E-state index in [0.717, 1.165) is 5.92 Å². The molecule has 2 aliphatic carbocycles. The fourth-order valence-electron chi connectivity index (χ4n) is 5.11. The van der Waals surface area contributed by atoms with Crippen molar-refractivity contribution in [3.05, 3.63) is 35.5 Å². The first-order valence-electron chi connectivity index (χ1n) is 11.9. The second kappa shape index (κ2) is 11.3. The van der Waals surface area contributed by atoms with Crippen molar-refractivity contribution in [2.75, 3.05) is 0 Å². The monoisotopic (exact) mass is 414 g/mol. The van der Waals surface area contributed by atoms with Crippen LogP contribution in [-0.4, -0.2) is 11.6 Å². The summed E-state index contributed by atoms with van der Waals surface area (Å²) in [6.45, 7) is 19.6. The van der Waals surface area contributed by atoms with Crippen molar-refractivity contribution in [3.63, 3.8) is 0 Å². The predicted octanol–water partition coefficient (Wildman–Crippen LogP) is 7.89. The molecule has 30 heavy (non-hydrogen) atoms. The van der Waals surface area contributed by atoms with Gasteiger partial charge in [0.25, 0.3) is 0 Å². The highest BCUT2D eigenvalue weighted by atomic mass is 16.1. The molecule has 3 atom stereocenters. The Labute approximate surface area is 186 Å². The lowest BCUT2D eigenvalue weighted by Gasteiger charge is -2.46. The molecular weight excluding hydrogens is 368 g/mol. The van der Waals surface area contributed by atoms with Gasteiger partial charge < -0.3 is 0 Å². The van der Waals surface area contributed by atoms with Crippen LogP contribution < -0.4 is 0 Å². The molecule has 1 fully saturated rings. The average molecular weight is 415 g/mol. The second-order valence-corrected chi connectivity index (χ2v) is 10.9. The van der Waals surface area contributed by atoms with Crippen LogP contribution in [0.3, 0.4) is 0 Å². The molecule has 0 N–H and O–H groups in total. The Morgan fingerprint density at radius 1 is 1.07 bits per heavy atom. The number of hydrogen-bond donors (Lipinski definition) is 0. The molecule has 3 unspecified atom stereocenters. The number of carbonyl (C=O) groups is 2. The summed E-state index contributed by atoms with van der Waals surface area (Å²) in [4.78, 5) is 22.3. The SMILES string of the molecule is CC(=O)/C=C/C1C(C)CCC(C)C1(C)C.CCC(=O)/C=C\C1=C(C)CCCC1(C)C. The molecule has 0 aliphatic heterocycles. The van der Waals surface area contributed by atoms with Crippen molar-refractivity contribution >= 4 is 11.6 Å². The summed E-state index contributed by atoms with van der Waals surface area (Å²) in [6.07, 6.45) is 14.6. The normalized spacial score (nSPS) is 28.4. The van der Waals surface area contributed by atoms with E-state index in [2.05, 4.69) is 54.5 Å². The minimum absolute atomic E-state index is 0.163. The van der Waals surface area contributed by atoms with Crippen molar-refractivity contribution in [2.45, 2.75) is 101 Å². The number of hydrogen-bond acceptors (Lipinski definition) is 2. The van der Waals surface area contributed by atoms with Crippen LogP contribution in [0.15, 0.2) is 35.5 Å². The summed E-state index contributed by atoms with van der Waals surface area (Å²) < 4.78 is 0. The minimum Gasteiger partial charge on any atom is -0.295 e. The Hall–Kier alpha value is -1.44. The lowest BCUT2D eigenvalue weighted by Crippen LogP contribution is -2.38. The van der Waals surface area contributed by atoms with Crippen LogP contribution in [0.4, 0.5) is 0 Å². The lowest BCUT2D eigenvalue weighted by molar-refractivity contribution is -0.114. The molecule has 0 aromatic heterocycles. The first-order chi connectivity index (χ1) is 13.8. The molecule has 0 spiro atoms. The lowest BCUT2D eigenvalue weighted by atomic mass is 9.59. The number of rotatable bonds is 5. The summed E-state index contributed by atoms with van der Waals surface area (Å²) in [7, 11) is 0. The van der Waals surface area contributed by atoms with Crippen molar-refractivity contribution < 1.29 is 9.59 Å². The third kappa shape index (κ3) is 7.36. The van der Waals surface area contributed by atoms with Gasteiger partial charge in [-0.2, -0.15) is 0 Å². The van der Waals surface area contributed by atoms with Gasteiger partial charge in [-0.25, -0.2) is 0 Å². The van der Waals surface area contributed by atoms with Crippen LogP contribution >= 0.6 is 0 Å². The fraction of sp³-hybridized carbons (Fsp3) is 0.714. The van der Waals surface area contributed by atoms with Crippen LogP contribution in [-0.2, 0) is 9.59 Å². The summed E-state index contributed by atoms with van der Waals surface area (Å²) in [5, 5.41) is 0. The van der Waals surface area contributed by atoms with Gasteiger partial charge in [0.2, 0.25) is 0 Å². The molecule has 0 aromatic rings. The quantitative estimate of drug-likeness (QED) is 0.429. The highest BCUT2D eigenvalue weighted by molar-refractivity contribution is 5.89. The third-order valence-corrected chi connectivity index (χ3v) is 7.66. The van der Waals surface area contributed by atoms with Crippen LogP contribution in [0.25, 0.3) is 0 Å². The van der Waals surface area contributed by atoms with Crippen molar-refractivity contribution in [2.24, 2.45) is 28.6 Å². The van der Waals surface area contributed by atoms with Gasteiger partial charge in [0.15, 0.2) is 11.6 Å². The molecule has 0 bridgehead atoms. The maximum atomic E-state index is 11.3. The number of allylic oxidation sites excluding steroid dienone is 6. The van der Waals surface area contributed by atoms with Gasteiger partial charge in [-0.3, -0.25) is 9.59 Å². The zero-order chi connectivity index (χ0) is 23.1. The topological polar surface area (TPSA) is 34.1 Å². The summed E-state index contributed by atoms with van der Waals surface area (Å²) in [5.74, 6) is 2.38. The molecular formula is C28H46O2. The third-order valence-electron chi connectivity index (χ3n) is 7.66. The maximum Gasteiger partial charge on any atom is 0.155 e. The first-order valence-corrected chi connectivity index (χ1v) is 11.9. The van der Waals surface area contributed by atoms with Gasteiger partial charge in [0, 0.05) is 6.42 Å². The molecule has 0 radical (unpaired) electrons. The van der Waals surface area contributed by atoms with Gasteiger partial charge >= 0.3 is 0 Å². The van der Waals surface area contributed by atoms with E-state index >= 15 is 0 Å². The molecule has 0 amide bonds. The molecule has 170 valence electrons.